The summed E-state index contributed by atoms with van der Waals surface area (Å²) in [5, 5.41) is 2.49. The largest absolute Gasteiger partial charge is 0.416 e. The Hall–Kier alpha value is -3.58. The van der Waals surface area contributed by atoms with Crippen LogP contribution in [0.25, 0.3) is 11.3 Å². The van der Waals surface area contributed by atoms with Gasteiger partial charge in [0.2, 0.25) is 10.0 Å². The van der Waals surface area contributed by atoms with Gasteiger partial charge in [0.15, 0.2) is 5.82 Å². The SMILES string of the molecule is CC1CCN(C)S(=O)(=O)c2ccc(-c3cccc(C(F)(F)F)c3)nc2N1C(=O)Nc1cncc(F)c1. The topological polar surface area (TPSA) is 95.5 Å². The Bertz CT molecular complexity index is 1410. The first-order valence-corrected chi connectivity index (χ1v) is 12.2. The molecular formula is C23H21F4N5O3S. The van der Waals surface area contributed by atoms with Crippen molar-refractivity contribution in [1.29, 1.82) is 0 Å². The number of hydrogen-bond donors (Lipinski definition) is 1. The highest BCUT2D eigenvalue weighted by Crippen LogP contribution is 2.35. The molecule has 1 N–H and O–H groups in total. The number of pyridine rings is 2. The fourth-order valence-electron chi connectivity index (χ4n) is 3.78. The summed E-state index contributed by atoms with van der Waals surface area (Å²) < 4.78 is 80.9. The molecule has 1 atom stereocenters. The number of hydrogen-bond acceptors (Lipinski definition) is 5. The number of aromatic nitrogens is 2. The van der Waals surface area contributed by atoms with Gasteiger partial charge in [0, 0.05) is 31.3 Å². The van der Waals surface area contributed by atoms with Crippen LogP contribution in [0.15, 0.2) is 59.8 Å². The second-order valence-corrected chi connectivity index (χ2v) is 10.3. The van der Waals surface area contributed by atoms with E-state index < -0.39 is 39.7 Å². The number of anilines is 2. The first-order valence-electron chi connectivity index (χ1n) is 10.7. The second kappa shape index (κ2) is 9.47. The molecule has 13 heteroatoms. The molecule has 8 nitrogen and oxygen atoms in total. The molecule has 0 spiro atoms. The average Bonchev–Trinajstić information content (AvgIpc) is 2.81. The predicted molar refractivity (Wildman–Crippen MR) is 124 cm³/mol. The van der Waals surface area contributed by atoms with Gasteiger partial charge in [-0.05, 0) is 37.6 Å². The molecule has 0 fully saturated rings. The molecule has 0 saturated carbocycles. The zero-order valence-corrected chi connectivity index (χ0v) is 19.9. The molecule has 0 aliphatic carbocycles. The van der Waals surface area contributed by atoms with E-state index in [1.807, 2.05) is 0 Å². The van der Waals surface area contributed by atoms with Crippen LogP contribution in [0.1, 0.15) is 18.9 Å². The minimum atomic E-state index is -4.59. The van der Waals surface area contributed by atoms with Gasteiger partial charge in [-0.1, -0.05) is 12.1 Å². The standard InChI is InChI=1S/C23H21F4N5O3S/c1-14-8-9-31(2)36(34,35)20-7-6-19(15-4-3-5-16(10-15)23(25,26)27)30-21(20)32(14)22(33)29-18-11-17(24)12-28-13-18/h3-7,10-14H,8-9H2,1-2H3,(H,29,33). The smallest absolute Gasteiger partial charge is 0.306 e. The average molecular weight is 524 g/mol. The van der Waals surface area contributed by atoms with Crippen LogP contribution in [-0.2, 0) is 16.2 Å². The summed E-state index contributed by atoms with van der Waals surface area (Å²) >= 11 is 0. The molecule has 190 valence electrons. The minimum absolute atomic E-state index is 0.0322. The van der Waals surface area contributed by atoms with E-state index in [1.165, 1.54) is 37.5 Å². The summed E-state index contributed by atoms with van der Waals surface area (Å²) in [6, 6.07) is 6.58. The summed E-state index contributed by atoms with van der Waals surface area (Å²) in [7, 11) is -2.69. The summed E-state index contributed by atoms with van der Waals surface area (Å²) in [6.07, 6.45) is -2.19. The molecule has 1 unspecified atom stereocenters. The van der Waals surface area contributed by atoms with Crippen LogP contribution in [0, 0.1) is 5.82 Å². The summed E-state index contributed by atoms with van der Waals surface area (Å²) in [5.41, 5.74) is -0.745. The predicted octanol–water partition coefficient (Wildman–Crippen LogP) is 4.75. The molecule has 1 aliphatic heterocycles. The lowest BCUT2D eigenvalue weighted by Crippen LogP contribution is -2.47. The van der Waals surface area contributed by atoms with E-state index in [0.717, 1.165) is 33.6 Å². The first kappa shape index (κ1) is 25.5. The van der Waals surface area contributed by atoms with Crippen LogP contribution in [0.5, 0.6) is 0 Å². The maximum atomic E-state index is 13.6. The lowest BCUT2D eigenvalue weighted by Gasteiger charge is -2.34. The van der Waals surface area contributed by atoms with E-state index in [-0.39, 0.29) is 40.6 Å². The van der Waals surface area contributed by atoms with Gasteiger partial charge in [-0.3, -0.25) is 9.88 Å². The number of urea groups is 1. The Balaban J connectivity index is 1.86. The molecule has 3 aromatic rings. The van der Waals surface area contributed by atoms with E-state index >= 15 is 0 Å². The number of alkyl halides is 3. The van der Waals surface area contributed by atoms with Crippen molar-refractivity contribution < 1.29 is 30.8 Å². The van der Waals surface area contributed by atoms with E-state index in [9.17, 15) is 30.8 Å². The molecule has 1 aliphatic rings. The Labute approximate surface area is 204 Å². The van der Waals surface area contributed by atoms with E-state index in [0.29, 0.717) is 0 Å². The van der Waals surface area contributed by atoms with E-state index in [1.54, 1.807) is 6.92 Å². The van der Waals surface area contributed by atoms with Gasteiger partial charge in [-0.15, -0.1) is 0 Å². The lowest BCUT2D eigenvalue weighted by atomic mass is 10.1. The Morgan fingerprint density at radius 2 is 1.89 bits per heavy atom. The Morgan fingerprint density at radius 1 is 1.14 bits per heavy atom. The maximum Gasteiger partial charge on any atom is 0.416 e. The number of fused-ring (bicyclic) bond motifs is 1. The summed E-state index contributed by atoms with van der Waals surface area (Å²) in [4.78, 5) is 22.2. The van der Waals surface area contributed by atoms with Gasteiger partial charge >= 0.3 is 12.2 Å². The van der Waals surface area contributed by atoms with Crippen LogP contribution in [0.3, 0.4) is 0 Å². The number of carbonyl (C=O) groups excluding carboxylic acids is 1. The molecule has 2 amide bonds. The van der Waals surface area contributed by atoms with Crippen molar-refractivity contribution in [3.05, 3.63) is 66.2 Å². The number of nitrogens with zero attached hydrogens (tertiary/aromatic N) is 4. The molecule has 36 heavy (non-hydrogen) atoms. The molecule has 0 radical (unpaired) electrons. The van der Waals surface area contributed by atoms with Crippen molar-refractivity contribution in [3.8, 4) is 11.3 Å². The van der Waals surface area contributed by atoms with Crippen LogP contribution >= 0.6 is 0 Å². The molecule has 1 aromatic carbocycles. The van der Waals surface area contributed by atoms with Gasteiger partial charge < -0.3 is 5.32 Å². The highest BCUT2D eigenvalue weighted by Gasteiger charge is 2.36. The third-order valence-corrected chi connectivity index (χ3v) is 7.60. The van der Waals surface area contributed by atoms with Crippen LogP contribution in [0.4, 0.5) is 33.9 Å². The number of nitrogens with one attached hydrogen (secondary N) is 1. The van der Waals surface area contributed by atoms with E-state index in [2.05, 4.69) is 15.3 Å². The van der Waals surface area contributed by atoms with Crippen LogP contribution in [0.2, 0.25) is 0 Å². The van der Waals surface area contributed by atoms with Crippen molar-refractivity contribution in [2.24, 2.45) is 0 Å². The van der Waals surface area contributed by atoms with Crippen LogP contribution in [-0.4, -0.2) is 48.4 Å². The van der Waals surface area contributed by atoms with Gasteiger partial charge in [-0.25, -0.2) is 26.9 Å². The molecule has 0 saturated heterocycles. The maximum absolute atomic E-state index is 13.6. The molecular weight excluding hydrogens is 502 g/mol. The number of amides is 2. The molecule has 4 rings (SSSR count). The van der Waals surface area contributed by atoms with Crippen molar-refractivity contribution in [2.75, 3.05) is 23.8 Å². The fraction of sp³-hybridized carbons (Fsp3) is 0.261. The van der Waals surface area contributed by atoms with Gasteiger partial charge in [-0.2, -0.15) is 13.2 Å². The second-order valence-electron chi connectivity index (χ2n) is 8.25. The Kier molecular flexibility index (Phi) is 6.71. The quantitative estimate of drug-likeness (QED) is 0.489. The fourth-order valence-corrected chi connectivity index (χ4v) is 5.08. The molecule has 2 aromatic heterocycles. The van der Waals surface area contributed by atoms with Crippen molar-refractivity contribution in [3.63, 3.8) is 0 Å². The number of halogens is 4. The van der Waals surface area contributed by atoms with Crippen molar-refractivity contribution in [2.45, 2.75) is 30.5 Å². The van der Waals surface area contributed by atoms with Gasteiger partial charge in [0.1, 0.15) is 10.7 Å². The zero-order chi connectivity index (χ0) is 26.3. The number of carbonyl (C=O) groups is 1. The minimum Gasteiger partial charge on any atom is -0.306 e. The van der Waals surface area contributed by atoms with Gasteiger partial charge in [0.05, 0.1) is 29.3 Å². The normalized spacial score (nSPS) is 18.2. The zero-order valence-electron chi connectivity index (χ0n) is 19.1. The lowest BCUT2D eigenvalue weighted by molar-refractivity contribution is -0.137. The van der Waals surface area contributed by atoms with E-state index in [4.69, 9.17) is 0 Å². The number of sulfonamides is 1. The van der Waals surface area contributed by atoms with Crippen molar-refractivity contribution in [1.82, 2.24) is 14.3 Å². The van der Waals surface area contributed by atoms with Gasteiger partial charge in [0.25, 0.3) is 0 Å². The molecule has 0 bridgehead atoms. The Morgan fingerprint density at radius 3 is 2.58 bits per heavy atom. The summed E-state index contributed by atoms with van der Waals surface area (Å²) in [5.74, 6) is -0.950. The number of rotatable bonds is 2. The molecule has 3 heterocycles. The number of benzene rings is 1. The highest BCUT2D eigenvalue weighted by molar-refractivity contribution is 7.89. The van der Waals surface area contributed by atoms with Crippen LogP contribution < -0.4 is 10.2 Å². The summed E-state index contributed by atoms with van der Waals surface area (Å²) in [6.45, 7) is 1.78. The highest BCUT2D eigenvalue weighted by atomic mass is 32.2. The van der Waals surface area contributed by atoms with Crippen molar-refractivity contribution >= 4 is 27.6 Å². The monoisotopic (exact) mass is 523 g/mol. The first-order chi connectivity index (χ1) is 16.9. The third-order valence-electron chi connectivity index (χ3n) is 5.72. The third kappa shape index (κ3) is 5.02.